The molecule has 1 aliphatic heterocycles. The highest BCUT2D eigenvalue weighted by Gasteiger charge is 2.22. The van der Waals surface area contributed by atoms with E-state index in [2.05, 4.69) is 37.8 Å². The maximum Gasteiger partial charge on any atom is 0.326 e. The van der Waals surface area contributed by atoms with Gasteiger partial charge in [0.1, 0.15) is 17.7 Å². The number of aromatic nitrogens is 2. The Morgan fingerprint density at radius 2 is 2.14 bits per heavy atom. The summed E-state index contributed by atoms with van der Waals surface area (Å²) in [6.07, 6.45) is 4.64. The molecular formula is C20H23N5O2S. The molecule has 28 heavy (non-hydrogen) atoms. The minimum Gasteiger partial charge on any atom is -0.473 e. The average molecular weight is 398 g/mol. The van der Waals surface area contributed by atoms with E-state index in [1.54, 1.807) is 23.6 Å². The van der Waals surface area contributed by atoms with Crippen molar-refractivity contribution in [3.63, 3.8) is 0 Å². The van der Waals surface area contributed by atoms with Crippen LogP contribution in [0.4, 0.5) is 16.4 Å². The van der Waals surface area contributed by atoms with E-state index in [4.69, 9.17) is 4.74 Å². The van der Waals surface area contributed by atoms with Gasteiger partial charge in [-0.1, -0.05) is 12.0 Å². The number of pyridine rings is 1. The van der Waals surface area contributed by atoms with Crippen LogP contribution in [0.5, 0.6) is 5.88 Å². The van der Waals surface area contributed by atoms with Gasteiger partial charge < -0.3 is 10.1 Å². The van der Waals surface area contributed by atoms with Crippen molar-refractivity contribution < 1.29 is 9.53 Å². The summed E-state index contributed by atoms with van der Waals surface area (Å²) in [5.74, 6) is 8.13. The lowest BCUT2D eigenvalue weighted by molar-refractivity contribution is 0.173. The zero-order valence-corrected chi connectivity index (χ0v) is 16.5. The van der Waals surface area contributed by atoms with Crippen LogP contribution in [0, 0.1) is 17.8 Å². The normalized spacial score (nSPS) is 19.4. The van der Waals surface area contributed by atoms with Gasteiger partial charge in [-0.3, -0.25) is 10.6 Å². The maximum atomic E-state index is 12.2. The molecule has 0 aromatic carbocycles. The van der Waals surface area contributed by atoms with Crippen molar-refractivity contribution >= 4 is 29.0 Å². The molecule has 3 heterocycles. The predicted octanol–water partition coefficient (Wildman–Crippen LogP) is 3.46. The molecule has 2 atom stereocenters. The molecule has 2 amide bonds. The summed E-state index contributed by atoms with van der Waals surface area (Å²) in [4.78, 5) is 20.9. The summed E-state index contributed by atoms with van der Waals surface area (Å²) in [5, 5.41) is 11.3. The highest BCUT2D eigenvalue weighted by molar-refractivity contribution is 7.10. The monoisotopic (exact) mass is 397 g/mol. The first kappa shape index (κ1) is 18.7. The van der Waals surface area contributed by atoms with Crippen molar-refractivity contribution in [2.45, 2.75) is 44.8 Å². The molecule has 2 fully saturated rings. The molecule has 146 valence electrons. The van der Waals surface area contributed by atoms with E-state index >= 15 is 0 Å². The Labute approximate surface area is 168 Å². The Hall–Kier alpha value is -2.63. The van der Waals surface area contributed by atoms with Gasteiger partial charge in [0.2, 0.25) is 5.88 Å². The van der Waals surface area contributed by atoms with Gasteiger partial charge in [0.05, 0.1) is 0 Å². The number of carbonyl (C=O) groups excluding carboxylic acids is 1. The van der Waals surface area contributed by atoms with Crippen LogP contribution in [0.2, 0.25) is 0 Å². The second-order valence-electron chi connectivity index (χ2n) is 7.05. The molecule has 2 unspecified atom stereocenters. The van der Waals surface area contributed by atoms with Gasteiger partial charge in [-0.15, -0.1) is 11.3 Å². The van der Waals surface area contributed by atoms with Crippen LogP contribution >= 0.6 is 11.3 Å². The molecule has 2 aliphatic rings. The summed E-state index contributed by atoms with van der Waals surface area (Å²) in [5.41, 5.74) is 0. The third-order valence-corrected chi connectivity index (χ3v) is 5.40. The van der Waals surface area contributed by atoms with Crippen molar-refractivity contribution in [2.75, 3.05) is 17.2 Å². The van der Waals surface area contributed by atoms with Gasteiger partial charge in [-0.2, -0.15) is 4.98 Å². The largest absolute Gasteiger partial charge is 0.473 e. The second-order valence-corrected chi connectivity index (χ2v) is 7.91. The van der Waals surface area contributed by atoms with E-state index < -0.39 is 6.03 Å². The maximum absolute atomic E-state index is 12.2. The number of nitrogens with one attached hydrogen (secondary N) is 3. The fourth-order valence-corrected chi connectivity index (χ4v) is 3.58. The van der Waals surface area contributed by atoms with Crippen LogP contribution < -0.4 is 20.7 Å². The van der Waals surface area contributed by atoms with Crippen molar-refractivity contribution in [1.29, 1.82) is 0 Å². The Morgan fingerprint density at radius 3 is 2.93 bits per heavy atom. The zero-order chi connectivity index (χ0) is 19.3. The standard InChI is InChI=1S/C20H23N5O2S/c1-13(15-4-3-11-21-15)27-18-6-2-5-16(22-18)24-20(26)25-17-12-28-19(23-17)10-9-14-7-8-14/h2,5-6,12-15,21H,3-4,7-8,11H2,1H3,(H2,22,24,25,26). The van der Waals surface area contributed by atoms with E-state index in [-0.39, 0.29) is 6.10 Å². The van der Waals surface area contributed by atoms with Gasteiger partial charge >= 0.3 is 6.03 Å². The summed E-state index contributed by atoms with van der Waals surface area (Å²) >= 11 is 1.42. The van der Waals surface area contributed by atoms with Crippen molar-refractivity contribution in [3.8, 4) is 17.7 Å². The SMILES string of the molecule is CC(Oc1cccc(NC(=O)Nc2csc(C#CC3CC3)n2)n1)C1CCCN1. The highest BCUT2D eigenvalue weighted by Crippen LogP contribution is 2.27. The number of ether oxygens (including phenoxy) is 1. The lowest BCUT2D eigenvalue weighted by Gasteiger charge is -2.20. The van der Waals surface area contributed by atoms with Crippen LogP contribution in [0.3, 0.4) is 0 Å². The fraction of sp³-hybridized carbons (Fsp3) is 0.450. The number of urea groups is 1. The summed E-state index contributed by atoms with van der Waals surface area (Å²) in [6, 6.07) is 5.25. The number of hydrogen-bond acceptors (Lipinski definition) is 6. The topological polar surface area (TPSA) is 88.2 Å². The zero-order valence-electron chi connectivity index (χ0n) is 15.7. The van der Waals surface area contributed by atoms with Crippen LogP contribution in [0.15, 0.2) is 23.6 Å². The quantitative estimate of drug-likeness (QED) is 0.673. The van der Waals surface area contributed by atoms with Crippen molar-refractivity contribution in [1.82, 2.24) is 15.3 Å². The Kier molecular flexibility index (Phi) is 5.74. The Bertz CT molecular complexity index is 893. The van der Waals surface area contributed by atoms with E-state index in [0.717, 1.165) is 19.4 Å². The molecule has 0 spiro atoms. The summed E-state index contributed by atoms with van der Waals surface area (Å²) in [6.45, 7) is 3.06. The van der Waals surface area contributed by atoms with E-state index in [0.29, 0.717) is 34.5 Å². The third kappa shape index (κ3) is 5.21. The number of anilines is 2. The molecule has 1 saturated carbocycles. The van der Waals surface area contributed by atoms with Gasteiger partial charge in [0.15, 0.2) is 5.01 Å². The van der Waals surface area contributed by atoms with Crippen LogP contribution in [0.25, 0.3) is 0 Å². The molecular weight excluding hydrogens is 374 g/mol. The average Bonchev–Trinajstić information content (AvgIpc) is 3.15. The first-order valence-electron chi connectivity index (χ1n) is 9.58. The highest BCUT2D eigenvalue weighted by atomic mass is 32.1. The summed E-state index contributed by atoms with van der Waals surface area (Å²) in [7, 11) is 0. The lowest BCUT2D eigenvalue weighted by Crippen LogP contribution is -2.36. The van der Waals surface area contributed by atoms with Gasteiger partial charge in [-0.05, 0) is 51.1 Å². The number of hydrogen-bond donors (Lipinski definition) is 3. The molecule has 7 nitrogen and oxygen atoms in total. The number of rotatable bonds is 5. The fourth-order valence-electron chi connectivity index (χ4n) is 2.98. The van der Waals surface area contributed by atoms with Gasteiger partial charge in [0, 0.05) is 23.4 Å². The first-order valence-corrected chi connectivity index (χ1v) is 10.5. The lowest BCUT2D eigenvalue weighted by atomic mass is 10.1. The molecule has 8 heteroatoms. The molecule has 2 aromatic rings. The van der Waals surface area contributed by atoms with E-state index in [9.17, 15) is 4.79 Å². The minimum absolute atomic E-state index is 0.0178. The van der Waals surface area contributed by atoms with E-state index in [1.807, 2.05) is 6.92 Å². The molecule has 3 N–H and O–H groups in total. The number of nitrogens with zero attached hydrogens (tertiary/aromatic N) is 2. The molecule has 2 aromatic heterocycles. The molecule has 0 radical (unpaired) electrons. The third-order valence-electron chi connectivity index (χ3n) is 4.64. The van der Waals surface area contributed by atoms with Crippen LogP contribution in [0.1, 0.15) is 37.6 Å². The van der Waals surface area contributed by atoms with Crippen LogP contribution in [-0.4, -0.2) is 34.7 Å². The first-order chi connectivity index (χ1) is 13.7. The van der Waals surface area contributed by atoms with Gasteiger partial charge in [0.25, 0.3) is 0 Å². The number of carbonyl (C=O) groups is 1. The molecule has 4 rings (SSSR count). The molecule has 0 bridgehead atoms. The number of amides is 2. The predicted molar refractivity (Wildman–Crippen MR) is 110 cm³/mol. The van der Waals surface area contributed by atoms with Crippen molar-refractivity contribution in [2.24, 2.45) is 5.92 Å². The van der Waals surface area contributed by atoms with E-state index in [1.165, 1.54) is 24.2 Å². The Morgan fingerprint density at radius 1 is 1.29 bits per heavy atom. The minimum atomic E-state index is -0.401. The Balaban J connectivity index is 1.31. The molecule has 1 aliphatic carbocycles. The van der Waals surface area contributed by atoms with Gasteiger partial charge in [-0.25, -0.2) is 9.78 Å². The van der Waals surface area contributed by atoms with Crippen molar-refractivity contribution in [3.05, 3.63) is 28.6 Å². The molecule has 1 saturated heterocycles. The summed E-state index contributed by atoms with van der Waals surface area (Å²) < 4.78 is 5.92. The smallest absolute Gasteiger partial charge is 0.326 e. The number of thiazole rings is 1. The second kappa shape index (κ2) is 8.59. The van der Waals surface area contributed by atoms with Crippen LogP contribution in [-0.2, 0) is 0 Å².